The largest absolute Gasteiger partial charge is 0.388 e. The van der Waals surface area contributed by atoms with Crippen LogP contribution in [0.5, 0.6) is 0 Å². The third-order valence-electron chi connectivity index (χ3n) is 3.76. The molecule has 0 amide bonds. The summed E-state index contributed by atoms with van der Waals surface area (Å²) in [4.78, 5) is 3.01. The quantitative estimate of drug-likeness (QED) is 0.812. The van der Waals surface area contributed by atoms with Crippen molar-refractivity contribution in [1.82, 2.24) is 4.98 Å². The van der Waals surface area contributed by atoms with E-state index < -0.39 is 0 Å². The number of H-pyrrole nitrogens is 1. The summed E-state index contributed by atoms with van der Waals surface area (Å²) < 4.78 is 0. The van der Waals surface area contributed by atoms with Gasteiger partial charge in [-0.1, -0.05) is 24.3 Å². The van der Waals surface area contributed by atoms with E-state index in [0.717, 1.165) is 18.4 Å². The minimum Gasteiger partial charge on any atom is -0.388 e. The van der Waals surface area contributed by atoms with Gasteiger partial charge >= 0.3 is 0 Å². The van der Waals surface area contributed by atoms with Gasteiger partial charge in [-0.2, -0.15) is 0 Å². The van der Waals surface area contributed by atoms with Gasteiger partial charge in [0.25, 0.3) is 0 Å². The lowest BCUT2D eigenvalue weighted by molar-refractivity contribution is 0.136. The summed E-state index contributed by atoms with van der Waals surface area (Å²) >= 11 is 0. The Kier molecular flexibility index (Phi) is 2.73. The van der Waals surface area contributed by atoms with Crippen molar-refractivity contribution in [2.75, 3.05) is 0 Å². The molecule has 1 heterocycles. The second-order valence-electron chi connectivity index (χ2n) is 4.79. The van der Waals surface area contributed by atoms with E-state index in [-0.39, 0.29) is 12.0 Å². The Morgan fingerprint density at radius 3 is 2.94 bits per heavy atom. The Morgan fingerprint density at radius 1 is 1.24 bits per heavy atom. The second-order valence-corrected chi connectivity index (χ2v) is 4.79. The Bertz CT molecular complexity index is 489. The van der Waals surface area contributed by atoms with E-state index >= 15 is 0 Å². The maximum Gasteiger partial charge on any atom is 0.0873 e. The van der Waals surface area contributed by atoms with E-state index in [0.29, 0.717) is 0 Å². The SMILES string of the molecule is OC(c1cc[nH]c1)C1CCCc2ccccc21. The summed E-state index contributed by atoms with van der Waals surface area (Å²) in [5, 5.41) is 10.5. The first-order valence-corrected chi connectivity index (χ1v) is 6.25. The first-order chi connectivity index (χ1) is 8.36. The molecule has 88 valence electrons. The van der Waals surface area contributed by atoms with Gasteiger partial charge in [0.05, 0.1) is 6.10 Å². The predicted octanol–water partition coefficient (Wildman–Crippen LogP) is 3.17. The molecule has 2 unspecified atom stereocenters. The summed E-state index contributed by atoms with van der Waals surface area (Å²) in [6.07, 6.45) is 6.76. The molecule has 2 N–H and O–H groups in total. The van der Waals surface area contributed by atoms with E-state index in [2.05, 4.69) is 29.2 Å². The summed E-state index contributed by atoms with van der Waals surface area (Å²) in [7, 11) is 0. The van der Waals surface area contributed by atoms with Crippen molar-refractivity contribution >= 4 is 0 Å². The van der Waals surface area contributed by atoms with Gasteiger partial charge in [-0.25, -0.2) is 0 Å². The van der Waals surface area contributed by atoms with E-state index in [4.69, 9.17) is 0 Å². The number of aromatic nitrogens is 1. The van der Waals surface area contributed by atoms with Gasteiger partial charge in [0, 0.05) is 18.3 Å². The van der Waals surface area contributed by atoms with Crippen LogP contribution in [-0.2, 0) is 6.42 Å². The maximum absolute atomic E-state index is 10.5. The number of benzene rings is 1. The van der Waals surface area contributed by atoms with Crippen LogP contribution < -0.4 is 0 Å². The molecule has 2 heteroatoms. The summed E-state index contributed by atoms with van der Waals surface area (Å²) in [6.45, 7) is 0. The molecular formula is C15H17NO. The van der Waals surface area contributed by atoms with Gasteiger partial charge < -0.3 is 10.1 Å². The molecule has 0 bridgehead atoms. The van der Waals surface area contributed by atoms with Crippen LogP contribution in [0.3, 0.4) is 0 Å². The number of aliphatic hydroxyl groups is 1. The Morgan fingerprint density at radius 2 is 2.12 bits per heavy atom. The molecule has 2 atom stereocenters. The first-order valence-electron chi connectivity index (χ1n) is 6.25. The second kappa shape index (κ2) is 4.38. The van der Waals surface area contributed by atoms with Gasteiger partial charge in [0.2, 0.25) is 0 Å². The van der Waals surface area contributed by atoms with E-state index in [1.165, 1.54) is 17.5 Å². The van der Waals surface area contributed by atoms with Crippen LogP contribution in [-0.4, -0.2) is 10.1 Å². The maximum atomic E-state index is 10.5. The van der Waals surface area contributed by atoms with Crippen LogP contribution in [0.2, 0.25) is 0 Å². The van der Waals surface area contributed by atoms with Gasteiger partial charge in [0.1, 0.15) is 0 Å². The van der Waals surface area contributed by atoms with E-state index in [9.17, 15) is 5.11 Å². The normalized spacial score (nSPS) is 20.9. The first kappa shape index (κ1) is 10.6. The number of fused-ring (bicyclic) bond motifs is 1. The molecule has 2 aromatic rings. The predicted molar refractivity (Wildman–Crippen MR) is 67.9 cm³/mol. The van der Waals surface area contributed by atoms with Gasteiger partial charge in [-0.05, 0) is 42.0 Å². The van der Waals surface area contributed by atoms with E-state index in [1.54, 1.807) is 0 Å². The lowest BCUT2D eigenvalue weighted by Crippen LogP contribution is -2.16. The number of rotatable bonds is 2. The monoisotopic (exact) mass is 227 g/mol. The van der Waals surface area contributed by atoms with Crippen molar-refractivity contribution in [2.24, 2.45) is 0 Å². The zero-order valence-electron chi connectivity index (χ0n) is 9.76. The number of aliphatic hydroxyl groups excluding tert-OH is 1. The van der Waals surface area contributed by atoms with E-state index in [1.807, 2.05) is 18.5 Å². The van der Waals surface area contributed by atoms with Crippen molar-refractivity contribution in [2.45, 2.75) is 31.3 Å². The van der Waals surface area contributed by atoms with Crippen molar-refractivity contribution in [3.8, 4) is 0 Å². The molecule has 0 saturated carbocycles. The zero-order chi connectivity index (χ0) is 11.7. The third kappa shape index (κ3) is 1.89. The van der Waals surface area contributed by atoms with Gasteiger partial charge in [-0.15, -0.1) is 0 Å². The molecular weight excluding hydrogens is 210 g/mol. The highest BCUT2D eigenvalue weighted by Gasteiger charge is 2.27. The molecule has 0 radical (unpaired) electrons. The fourth-order valence-corrected chi connectivity index (χ4v) is 2.87. The molecule has 0 spiro atoms. The summed E-state index contributed by atoms with van der Waals surface area (Å²) in [6, 6.07) is 10.5. The van der Waals surface area contributed by atoms with Crippen LogP contribution in [0.4, 0.5) is 0 Å². The van der Waals surface area contributed by atoms with Crippen molar-refractivity contribution in [3.63, 3.8) is 0 Å². The summed E-state index contributed by atoms with van der Waals surface area (Å²) in [5.74, 6) is 0.246. The third-order valence-corrected chi connectivity index (χ3v) is 3.76. The molecule has 17 heavy (non-hydrogen) atoms. The number of aryl methyl sites for hydroxylation is 1. The molecule has 2 nitrogen and oxygen atoms in total. The molecule has 1 aromatic heterocycles. The molecule has 0 saturated heterocycles. The van der Waals surface area contributed by atoms with Crippen molar-refractivity contribution < 1.29 is 5.11 Å². The standard InChI is InChI=1S/C15H17NO/c17-15(12-8-9-16-10-12)14-7-3-5-11-4-1-2-6-13(11)14/h1-2,4,6,8-10,14-17H,3,5,7H2. The number of hydrogen-bond acceptors (Lipinski definition) is 1. The molecule has 0 fully saturated rings. The lowest BCUT2D eigenvalue weighted by Gasteiger charge is -2.29. The van der Waals surface area contributed by atoms with Crippen molar-refractivity contribution in [1.29, 1.82) is 0 Å². The zero-order valence-corrected chi connectivity index (χ0v) is 9.76. The fraction of sp³-hybridized carbons (Fsp3) is 0.333. The van der Waals surface area contributed by atoms with Crippen LogP contribution in [0.25, 0.3) is 0 Å². The Balaban J connectivity index is 1.95. The fourth-order valence-electron chi connectivity index (χ4n) is 2.87. The highest BCUT2D eigenvalue weighted by atomic mass is 16.3. The van der Waals surface area contributed by atoms with Crippen LogP contribution in [0, 0.1) is 0 Å². The number of hydrogen-bond donors (Lipinski definition) is 2. The van der Waals surface area contributed by atoms with Gasteiger partial charge in [0.15, 0.2) is 0 Å². The molecule has 1 aromatic carbocycles. The number of aromatic amines is 1. The molecule has 0 aliphatic heterocycles. The molecule has 1 aliphatic carbocycles. The lowest BCUT2D eigenvalue weighted by atomic mass is 9.78. The minimum absolute atomic E-state index is 0.246. The Hall–Kier alpha value is -1.54. The highest BCUT2D eigenvalue weighted by Crippen LogP contribution is 2.39. The summed E-state index contributed by atoms with van der Waals surface area (Å²) in [5.41, 5.74) is 3.72. The van der Waals surface area contributed by atoms with Crippen molar-refractivity contribution in [3.05, 3.63) is 59.4 Å². The minimum atomic E-state index is -0.386. The smallest absolute Gasteiger partial charge is 0.0873 e. The average molecular weight is 227 g/mol. The Labute approximate surface area is 101 Å². The average Bonchev–Trinajstić information content (AvgIpc) is 2.91. The van der Waals surface area contributed by atoms with Crippen LogP contribution in [0.15, 0.2) is 42.7 Å². The van der Waals surface area contributed by atoms with Crippen LogP contribution in [0.1, 0.15) is 41.6 Å². The number of nitrogens with one attached hydrogen (secondary N) is 1. The van der Waals surface area contributed by atoms with Crippen LogP contribution >= 0.6 is 0 Å². The highest BCUT2D eigenvalue weighted by molar-refractivity contribution is 5.35. The molecule has 3 rings (SSSR count). The topological polar surface area (TPSA) is 36.0 Å². The van der Waals surface area contributed by atoms with Gasteiger partial charge in [-0.3, -0.25) is 0 Å². The molecule has 1 aliphatic rings.